The number of pyridine rings is 2. The normalized spacial score (nSPS) is 17.7. The van der Waals surface area contributed by atoms with Gasteiger partial charge in [0.05, 0.1) is 36.1 Å². The van der Waals surface area contributed by atoms with Gasteiger partial charge in [0.1, 0.15) is 12.6 Å². The van der Waals surface area contributed by atoms with E-state index < -0.39 is 0 Å². The zero-order valence-electron chi connectivity index (χ0n) is 23.3. The maximum atomic E-state index is 9.82. The summed E-state index contributed by atoms with van der Waals surface area (Å²) in [5, 5.41) is 18.0. The van der Waals surface area contributed by atoms with E-state index in [0.29, 0.717) is 5.56 Å². The average Bonchev–Trinajstić information content (AvgIpc) is 3.49. The number of quaternary nitrogens is 1. The Morgan fingerprint density at radius 1 is 1.02 bits per heavy atom. The molecule has 3 N–H and O–H groups in total. The summed E-state index contributed by atoms with van der Waals surface area (Å²) in [6, 6.07) is 13.6. The first kappa shape index (κ1) is 26.2. The highest BCUT2D eigenvalue weighted by Gasteiger charge is 2.38. The quantitative estimate of drug-likeness (QED) is 0.243. The molecule has 0 spiro atoms. The van der Waals surface area contributed by atoms with E-state index in [4.69, 9.17) is 4.98 Å². The number of nitrogens with zero attached hydrogens (tertiary/aromatic N) is 4. The van der Waals surface area contributed by atoms with Gasteiger partial charge in [0.15, 0.2) is 0 Å². The smallest absolute Gasteiger partial charge is 0.106 e. The first-order chi connectivity index (χ1) is 19.6. The molecule has 0 atom stereocenters. The minimum absolute atomic E-state index is 0.507. The molecule has 0 radical (unpaired) electrons. The number of anilines is 2. The Morgan fingerprint density at radius 3 is 2.65 bits per heavy atom. The van der Waals surface area contributed by atoms with Gasteiger partial charge >= 0.3 is 0 Å². The monoisotopic (exact) mass is 532 g/mol. The van der Waals surface area contributed by atoms with Crippen molar-refractivity contribution in [3.63, 3.8) is 0 Å². The predicted molar refractivity (Wildman–Crippen MR) is 162 cm³/mol. The summed E-state index contributed by atoms with van der Waals surface area (Å²) in [5.41, 5.74) is 7.52. The van der Waals surface area contributed by atoms with Crippen LogP contribution < -0.4 is 10.6 Å². The lowest BCUT2D eigenvalue weighted by molar-refractivity contribution is -0.968. The van der Waals surface area contributed by atoms with Crippen LogP contribution in [0.25, 0.3) is 23.1 Å². The summed E-state index contributed by atoms with van der Waals surface area (Å²) in [5.74, 6) is 0. The number of fused-ring (bicyclic) bond motifs is 1. The number of aromatic amines is 1. The number of aryl methyl sites for hydroxylation is 1. The van der Waals surface area contributed by atoms with Gasteiger partial charge in [0.25, 0.3) is 0 Å². The van der Waals surface area contributed by atoms with Crippen molar-refractivity contribution in [3.05, 3.63) is 83.1 Å². The van der Waals surface area contributed by atoms with Crippen molar-refractivity contribution in [1.82, 2.24) is 20.3 Å². The lowest BCUT2D eigenvalue weighted by Crippen LogP contribution is -2.59. The highest BCUT2D eigenvalue weighted by molar-refractivity contribution is 5.90. The molecule has 6 rings (SSSR count). The van der Waals surface area contributed by atoms with Crippen molar-refractivity contribution in [1.29, 1.82) is 5.26 Å². The molecular weight excluding hydrogens is 494 g/mol. The lowest BCUT2D eigenvalue weighted by Gasteiger charge is -2.49. The Bertz CT molecular complexity index is 1530. The molecule has 2 aliphatic rings. The van der Waals surface area contributed by atoms with Crippen LogP contribution in [0.15, 0.2) is 55.1 Å². The fraction of sp³-hybridized carbons (Fsp3) is 0.364. The third-order valence-corrected chi connectivity index (χ3v) is 8.93. The molecule has 40 heavy (non-hydrogen) atoms. The second-order valence-electron chi connectivity index (χ2n) is 11.4. The fourth-order valence-electron chi connectivity index (χ4n) is 6.70. The standard InChI is InChI=1S/C33H38N7/c1-24-30-13-16-37-32(30)10-9-31(24)39-33-26(21-36-22-27(33)19-34)6-8-28-7-5-25(20-38-28)23-40(17-3-2-4-18-40)29-11-14-35-15-12-29/h5-10,13,16,20-22,29,35,37H,2-4,11-12,14-15,17-18,23H2,1H3,(H,36,39)/q+1. The topological polar surface area (TPSA) is 89.4 Å². The molecule has 5 heterocycles. The molecule has 4 aromatic rings. The molecule has 2 fully saturated rings. The number of H-pyrrole nitrogens is 1. The zero-order chi connectivity index (χ0) is 27.4. The van der Waals surface area contributed by atoms with Gasteiger partial charge in [-0.1, -0.05) is 0 Å². The van der Waals surface area contributed by atoms with E-state index in [-0.39, 0.29) is 0 Å². The molecule has 2 saturated heterocycles. The van der Waals surface area contributed by atoms with Crippen LogP contribution in [0.2, 0.25) is 0 Å². The third-order valence-electron chi connectivity index (χ3n) is 8.93. The van der Waals surface area contributed by atoms with Gasteiger partial charge in [-0.2, -0.15) is 5.26 Å². The van der Waals surface area contributed by atoms with Crippen LogP contribution in [-0.4, -0.2) is 51.7 Å². The van der Waals surface area contributed by atoms with Crippen molar-refractivity contribution in [3.8, 4) is 6.07 Å². The summed E-state index contributed by atoms with van der Waals surface area (Å²) in [6.07, 6.45) is 18.0. The van der Waals surface area contributed by atoms with E-state index in [2.05, 4.69) is 64.1 Å². The van der Waals surface area contributed by atoms with Gasteiger partial charge in [-0.25, -0.2) is 0 Å². The van der Waals surface area contributed by atoms with Gasteiger partial charge in [-0.15, -0.1) is 0 Å². The molecule has 7 nitrogen and oxygen atoms in total. The first-order valence-electron chi connectivity index (χ1n) is 14.6. The number of rotatable bonds is 7. The van der Waals surface area contributed by atoms with E-state index in [0.717, 1.165) is 64.8 Å². The summed E-state index contributed by atoms with van der Waals surface area (Å²) >= 11 is 0. The highest BCUT2D eigenvalue weighted by atomic mass is 15.4. The van der Waals surface area contributed by atoms with Crippen LogP contribution >= 0.6 is 0 Å². The van der Waals surface area contributed by atoms with Crippen LogP contribution in [-0.2, 0) is 6.54 Å². The number of hydrogen-bond donors (Lipinski definition) is 3. The van der Waals surface area contributed by atoms with Crippen LogP contribution in [0.3, 0.4) is 0 Å². The van der Waals surface area contributed by atoms with Crippen molar-refractivity contribution in [2.24, 2.45) is 0 Å². The summed E-state index contributed by atoms with van der Waals surface area (Å²) in [6.45, 7) is 8.04. The van der Waals surface area contributed by atoms with Gasteiger partial charge in [0, 0.05) is 78.4 Å². The van der Waals surface area contributed by atoms with E-state index in [9.17, 15) is 5.26 Å². The van der Waals surface area contributed by atoms with Crippen LogP contribution in [0.1, 0.15) is 60.1 Å². The Labute approximate surface area is 236 Å². The van der Waals surface area contributed by atoms with Crippen molar-refractivity contribution >= 4 is 34.4 Å². The van der Waals surface area contributed by atoms with E-state index >= 15 is 0 Å². The third kappa shape index (κ3) is 5.38. The molecule has 3 aromatic heterocycles. The van der Waals surface area contributed by atoms with Gasteiger partial charge in [-0.05, 0) is 74.2 Å². The zero-order valence-corrected chi connectivity index (χ0v) is 23.3. The Hall–Kier alpha value is -3.99. The van der Waals surface area contributed by atoms with Crippen molar-refractivity contribution in [2.75, 3.05) is 31.5 Å². The molecule has 1 aromatic carbocycles. The molecule has 0 saturated carbocycles. The van der Waals surface area contributed by atoms with Gasteiger partial charge in [0.2, 0.25) is 0 Å². The maximum absolute atomic E-state index is 9.82. The molecule has 0 amide bonds. The molecule has 2 aliphatic heterocycles. The largest absolute Gasteiger partial charge is 0.361 e. The average molecular weight is 533 g/mol. The number of hydrogen-bond acceptors (Lipinski definition) is 5. The van der Waals surface area contributed by atoms with E-state index in [1.165, 1.54) is 55.2 Å². The Morgan fingerprint density at radius 2 is 1.88 bits per heavy atom. The Balaban J connectivity index is 1.22. The molecular formula is C33H38N7+. The van der Waals surface area contributed by atoms with Crippen molar-refractivity contribution < 1.29 is 4.48 Å². The number of piperidine rings is 2. The Kier molecular flexibility index (Phi) is 7.63. The number of likely N-dealkylation sites (tertiary alicyclic amines) is 1. The SMILES string of the molecule is Cc1c(Nc2c(C#N)cncc2C=Cc2ccc(C[N+]3(C4CCNCC4)CCCCC3)cn2)ccc2[nH]ccc12. The van der Waals surface area contributed by atoms with Crippen LogP contribution in [0.4, 0.5) is 11.4 Å². The molecule has 204 valence electrons. The molecule has 0 unspecified atom stereocenters. The summed E-state index contributed by atoms with van der Waals surface area (Å²) in [4.78, 5) is 12.4. The van der Waals surface area contributed by atoms with Gasteiger partial charge in [-0.3, -0.25) is 9.97 Å². The molecule has 0 bridgehead atoms. The highest BCUT2D eigenvalue weighted by Crippen LogP contribution is 2.32. The van der Waals surface area contributed by atoms with E-state index in [1.54, 1.807) is 12.4 Å². The second-order valence-corrected chi connectivity index (χ2v) is 11.4. The predicted octanol–water partition coefficient (Wildman–Crippen LogP) is 6.30. The van der Waals surface area contributed by atoms with Crippen LogP contribution in [0, 0.1) is 18.3 Å². The second kappa shape index (κ2) is 11.6. The molecule has 7 heteroatoms. The lowest BCUT2D eigenvalue weighted by atomic mass is 9.95. The van der Waals surface area contributed by atoms with Gasteiger partial charge < -0.3 is 20.1 Å². The minimum Gasteiger partial charge on any atom is -0.361 e. The fourth-order valence-corrected chi connectivity index (χ4v) is 6.70. The number of aromatic nitrogens is 3. The number of benzene rings is 1. The van der Waals surface area contributed by atoms with E-state index in [1.807, 2.05) is 24.4 Å². The van der Waals surface area contributed by atoms with Crippen LogP contribution in [0.5, 0.6) is 0 Å². The minimum atomic E-state index is 0.507. The summed E-state index contributed by atoms with van der Waals surface area (Å²) < 4.78 is 1.23. The maximum Gasteiger partial charge on any atom is 0.106 e. The number of nitriles is 1. The number of nitrogens with one attached hydrogen (secondary N) is 3. The first-order valence-corrected chi connectivity index (χ1v) is 14.6. The molecule has 0 aliphatic carbocycles. The summed E-state index contributed by atoms with van der Waals surface area (Å²) in [7, 11) is 0. The van der Waals surface area contributed by atoms with Crippen molar-refractivity contribution in [2.45, 2.75) is 51.6 Å².